The number of hydrogen-bond donors (Lipinski definition) is 2. The second-order valence-electron chi connectivity index (χ2n) is 3.11. The van der Waals surface area contributed by atoms with Crippen LogP contribution in [-0.2, 0) is 4.74 Å². The minimum atomic E-state index is -0.151. The molecule has 1 aromatic heterocycles. The molecule has 1 unspecified atom stereocenters. The van der Waals surface area contributed by atoms with Crippen molar-refractivity contribution in [1.82, 2.24) is 4.98 Å². The van der Waals surface area contributed by atoms with E-state index in [1.807, 2.05) is 6.07 Å². The first-order chi connectivity index (χ1) is 7.27. The Morgan fingerprint density at radius 3 is 2.93 bits per heavy atom. The molecule has 0 radical (unpaired) electrons. The molecule has 3 N–H and O–H groups in total. The van der Waals surface area contributed by atoms with Crippen molar-refractivity contribution in [1.29, 1.82) is 0 Å². The highest BCUT2D eigenvalue weighted by Gasteiger charge is 2.10. The van der Waals surface area contributed by atoms with Crippen LogP contribution in [0.5, 0.6) is 0 Å². The van der Waals surface area contributed by atoms with Crippen molar-refractivity contribution in [3.8, 4) is 0 Å². The average Bonchev–Trinajstić information content (AvgIpc) is 2.24. The molecule has 0 aromatic carbocycles. The predicted octanol–water partition coefficient (Wildman–Crippen LogP) is 1.24. The molecule has 0 bridgehead atoms. The third-order valence-corrected chi connectivity index (χ3v) is 2.37. The van der Waals surface area contributed by atoms with Crippen LogP contribution in [0.3, 0.4) is 0 Å². The van der Waals surface area contributed by atoms with Crippen LogP contribution in [0.25, 0.3) is 0 Å². The van der Waals surface area contributed by atoms with Crippen LogP contribution in [0.1, 0.15) is 18.1 Å². The molecule has 0 saturated carbocycles. The Bertz CT molecular complexity index is 297. The van der Waals surface area contributed by atoms with Crippen LogP contribution in [0.2, 0.25) is 0 Å². The number of aliphatic hydroxyl groups is 1. The summed E-state index contributed by atoms with van der Waals surface area (Å²) in [5, 5.41) is 8.64. The number of hydrogen-bond acceptors (Lipinski definition) is 4. The number of halogens is 1. The molecule has 0 amide bonds. The quantitative estimate of drug-likeness (QED) is 0.766. The number of nitrogens with zero attached hydrogens (tertiary/aromatic N) is 1. The molecule has 0 aliphatic rings. The van der Waals surface area contributed by atoms with Gasteiger partial charge in [-0.25, -0.2) is 0 Å². The van der Waals surface area contributed by atoms with Gasteiger partial charge in [-0.2, -0.15) is 0 Å². The van der Waals surface area contributed by atoms with E-state index < -0.39 is 0 Å². The van der Waals surface area contributed by atoms with Crippen LogP contribution in [0.15, 0.2) is 22.9 Å². The molecule has 1 heterocycles. The van der Waals surface area contributed by atoms with Gasteiger partial charge in [-0.1, -0.05) is 0 Å². The molecular formula is C10H15BrN2O2. The lowest BCUT2D eigenvalue weighted by atomic mass is 10.1. The van der Waals surface area contributed by atoms with Crippen molar-refractivity contribution < 1.29 is 9.84 Å². The van der Waals surface area contributed by atoms with Gasteiger partial charge < -0.3 is 15.6 Å². The molecule has 84 valence electrons. The van der Waals surface area contributed by atoms with E-state index in [4.69, 9.17) is 15.6 Å². The minimum absolute atomic E-state index is 0.133. The SMILES string of the molecule is NCC(OCCCO)c1cncc(Br)c1. The Morgan fingerprint density at radius 2 is 2.33 bits per heavy atom. The maximum absolute atomic E-state index is 8.64. The van der Waals surface area contributed by atoms with Crippen LogP contribution >= 0.6 is 15.9 Å². The highest BCUT2D eigenvalue weighted by Crippen LogP contribution is 2.19. The van der Waals surface area contributed by atoms with Gasteiger partial charge in [0.05, 0.1) is 6.10 Å². The summed E-state index contributed by atoms with van der Waals surface area (Å²) >= 11 is 3.34. The van der Waals surface area contributed by atoms with E-state index in [1.54, 1.807) is 12.4 Å². The van der Waals surface area contributed by atoms with Crippen molar-refractivity contribution in [2.24, 2.45) is 5.73 Å². The second-order valence-corrected chi connectivity index (χ2v) is 4.02. The maximum Gasteiger partial charge on any atom is 0.0962 e. The molecule has 0 saturated heterocycles. The lowest BCUT2D eigenvalue weighted by molar-refractivity contribution is 0.0486. The Labute approximate surface area is 97.6 Å². The van der Waals surface area contributed by atoms with Gasteiger partial charge in [-0.05, 0) is 28.4 Å². The predicted molar refractivity (Wildman–Crippen MR) is 61.4 cm³/mol. The van der Waals surface area contributed by atoms with Crippen LogP contribution in [0.4, 0.5) is 0 Å². The maximum atomic E-state index is 8.64. The van der Waals surface area contributed by atoms with Crippen LogP contribution in [0, 0.1) is 0 Å². The summed E-state index contributed by atoms with van der Waals surface area (Å²) in [4.78, 5) is 4.05. The Kier molecular flexibility index (Phi) is 5.78. The molecule has 0 aliphatic heterocycles. The summed E-state index contributed by atoms with van der Waals surface area (Å²) in [5.74, 6) is 0. The Morgan fingerprint density at radius 1 is 1.53 bits per heavy atom. The van der Waals surface area contributed by atoms with E-state index in [0.717, 1.165) is 10.0 Å². The number of ether oxygens (including phenoxy) is 1. The van der Waals surface area contributed by atoms with E-state index in [0.29, 0.717) is 19.6 Å². The zero-order valence-electron chi connectivity index (χ0n) is 8.40. The summed E-state index contributed by atoms with van der Waals surface area (Å²) in [5.41, 5.74) is 6.56. The minimum Gasteiger partial charge on any atom is -0.396 e. The first kappa shape index (κ1) is 12.6. The largest absolute Gasteiger partial charge is 0.396 e. The fourth-order valence-electron chi connectivity index (χ4n) is 1.19. The van der Waals surface area contributed by atoms with Crippen molar-refractivity contribution in [2.45, 2.75) is 12.5 Å². The van der Waals surface area contributed by atoms with Gasteiger partial charge in [0.1, 0.15) is 0 Å². The molecule has 1 aromatic rings. The smallest absolute Gasteiger partial charge is 0.0962 e. The van der Waals surface area contributed by atoms with E-state index in [-0.39, 0.29) is 12.7 Å². The van der Waals surface area contributed by atoms with Gasteiger partial charge in [0, 0.05) is 42.2 Å². The molecule has 15 heavy (non-hydrogen) atoms. The average molecular weight is 275 g/mol. The van der Waals surface area contributed by atoms with E-state index in [2.05, 4.69) is 20.9 Å². The normalized spacial score (nSPS) is 12.7. The van der Waals surface area contributed by atoms with Gasteiger partial charge in [0.2, 0.25) is 0 Å². The zero-order valence-corrected chi connectivity index (χ0v) is 9.98. The Balaban J connectivity index is 2.57. The van der Waals surface area contributed by atoms with E-state index in [1.165, 1.54) is 0 Å². The molecule has 5 heteroatoms. The summed E-state index contributed by atoms with van der Waals surface area (Å²) in [6, 6.07) is 1.93. The van der Waals surface area contributed by atoms with Crippen LogP contribution < -0.4 is 5.73 Å². The van der Waals surface area contributed by atoms with Crippen LogP contribution in [-0.4, -0.2) is 29.8 Å². The number of rotatable bonds is 6. The molecule has 0 spiro atoms. The topological polar surface area (TPSA) is 68.4 Å². The van der Waals surface area contributed by atoms with Gasteiger partial charge in [-0.3, -0.25) is 4.98 Å². The van der Waals surface area contributed by atoms with Gasteiger partial charge in [0.15, 0.2) is 0 Å². The molecule has 4 nitrogen and oxygen atoms in total. The van der Waals surface area contributed by atoms with Gasteiger partial charge in [0.25, 0.3) is 0 Å². The van der Waals surface area contributed by atoms with Crippen molar-refractivity contribution >= 4 is 15.9 Å². The summed E-state index contributed by atoms with van der Waals surface area (Å²) in [6.07, 6.45) is 3.92. The Hall–Kier alpha value is -0.490. The van der Waals surface area contributed by atoms with E-state index >= 15 is 0 Å². The third-order valence-electron chi connectivity index (χ3n) is 1.93. The van der Waals surface area contributed by atoms with Crippen molar-refractivity contribution in [3.05, 3.63) is 28.5 Å². The molecular weight excluding hydrogens is 260 g/mol. The fraction of sp³-hybridized carbons (Fsp3) is 0.500. The second kappa shape index (κ2) is 6.90. The first-order valence-corrected chi connectivity index (χ1v) is 5.60. The lowest BCUT2D eigenvalue weighted by Gasteiger charge is -2.15. The number of nitrogens with two attached hydrogens (primary N) is 1. The fourth-order valence-corrected chi connectivity index (χ4v) is 1.58. The number of aliphatic hydroxyl groups excluding tert-OH is 1. The van der Waals surface area contributed by atoms with E-state index in [9.17, 15) is 0 Å². The number of aromatic nitrogens is 1. The summed E-state index contributed by atoms with van der Waals surface area (Å²) in [6.45, 7) is 1.04. The lowest BCUT2D eigenvalue weighted by Crippen LogP contribution is -2.17. The summed E-state index contributed by atoms with van der Waals surface area (Å²) < 4.78 is 6.43. The highest BCUT2D eigenvalue weighted by molar-refractivity contribution is 9.10. The summed E-state index contributed by atoms with van der Waals surface area (Å²) in [7, 11) is 0. The highest BCUT2D eigenvalue weighted by atomic mass is 79.9. The first-order valence-electron chi connectivity index (χ1n) is 4.81. The van der Waals surface area contributed by atoms with Gasteiger partial charge >= 0.3 is 0 Å². The van der Waals surface area contributed by atoms with Crippen molar-refractivity contribution in [3.63, 3.8) is 0 Å². The standard InChI is InChI=1S/C10H15BrN2O2/c11-9-4-8(6-13-7-9)10(5-12)15-3-1-2-14/h4,6-7,10,14H,1-3,5,12H2. The zero-order chi connectivity index (χ0) is 11.1. The molecule has 1 rings (SSSR count). The molecule has 0 fully saturated rings. The number of pyridine rings is 1. The third kappa shape index (κ3) is 4.25. The van der Waals surface area contributed by atoms with Gasteiger partial charge in [-0.15, -0.1) is 0 Å². The monoisotopic (exact) mass is 274 g/mol. The molecule has 1 atom stereocenters. The molecule has 0 aliphatic carbocycles. The van der Waals surface area contributed by atoms with Crippen molar-refractivity contribution in [2.75, 3.05) is 19.8 Å².